The number of aryl methyl sites for hydroxylation is 1. The van der Waals surface area contributed by atoms with Crippen molar-refractivity contribution in [2.24, 2.45) is 10.9 Å². The molecule has 0 spiro atoms. The highest BCUT2D eigenvalue weighted by Crippen LogP contribution is 2.23. The van der Waals surface area contributed by atoms with E-state index in [1.54, 1.807) is 0 Å². The highest BCUT2D eigenvalue weighted by molar-refractivity contribution is 6.01. The molecule has 0 saturated heterocycles. The van der Waals surface area contributed by atoms with Crippen LogP contribution in [0.4, 0.5) is 5.82 Å². The second-order valence-corrected chi connectivity index (χ2v) is 5.21. The predicted octanol–water partition coefficient (Wildman–Crippen LogP) is 2.19. The van der Waals surface area contributed by atoms with Crippen molar-refractivity contribution in [2.45, 2.75) is 32.6 Å². The van der Waals surface area contributed by atoms with Gasteiger partial charge in [-0.3, -0.25) is 9.79 Å². The summed E-state index contributed by atoms with van der Waals surface area (Å²) < 4.78 is 0. The van der Waals surface area contributed by atoms with E-state index < -0.39 is 0 Å². The molecule has 2 aliphatic heterocycles. The molecule has 3 rings (SSSR count). The fraction of sp³-hybridized carbons (Fsp3) is 0.500. The van der Waals surface area contributed by atoms with Gasteiger partial charge in [0.05, 0.1) is 0 Å². The Balaban J connectivity index is 1.88. The van der Waals surface area contributed by atoms with Crippen LogP contribution >= 0.6 is 0 Å². The predicted molar refractivity (Wildman–Crippen MR) is 71.0 cm³/mol. The fourth-order valence-corrected chi connectivity index (χ4v) is 2.47. The summed E-state index contributed by atoms with van der Waals surface area (Å²) >= 11 is 0. The molecule has 0 bridgehead atoms. The van der Waals surface area contributed by atoms with E-state index in [1.807, 2.05) is 6.20 Å². The molecule has 3 heterocycles. The Bertz CT molecular complexity index is 522. The van der Waals surface area contributed by atoms with Gasteiger partial charge in [-0.2, -0.15) is 0 Å². The molecule has 0 aromatic carbocycles. The summed E-state index contributed by atoms with van der Waals surface area (Å²) in [4.78, 5) is 20.3. The highest BCUT2D eigenvalue weighted by atomic mass is 16.1. The van der Waals surface area contributed by atoms with Crippen LogP contribution in [-0.4, -0.2) is 23.1 Å². The molecule has 1 atom stereocenters. The van der Waals surface area contributed by atoms with Gasteiger partial charge in [-0.1, -0.05) is 6.92 Å². The minimum Gasteiger partial charge on any atom is -0.310 e. The first kappa shape index (κ1) is 11.4. The van der Waals surface area contributed by atoms with E-state index in [4.69, 9.17) is 0 Å². The molecular weight excluding hydrogens is 226 g/mol. The maximum absolute atomic E-state index is 11.3. The van der Waals surface area contributed by atoms with E-state index in [0.29, 0.717) is 12.3 Å². The maximum Gasteiger partial charge on any atom is 0.225 e. The number of nitrogens with one attached hydrogen (secondary N) is 1. The third-order valence-electron chi connectivity index (χ3n) is 3.65. The van der Waals surface area contributed by atoms with Gasteiger partial charge in [0.2, 0.25) is 5.91 Å². The van der Waals surface area contributed by atoms with Gasteiger partial charge in [-0.15, -0.1) is 0 Å². The molecule has 0 radical (unpaired) electrons. The third kappa shape index (κ3) is 2.15. The molecule has 1 amide bonds. The van der Waals surface area contributed by atoms with Crippen molar-refractivity contribution < 1.29 is 4.79 Å². The Morgan fingerprint density at radius 3 is 3.00 bits per heavy atom. The number of aliphatic imine (C=N–C) groups is 1. The maximum atomic E-state index is 11.3. The fourth-order valence-electron chi connectivity index (χ4n) is 2.47. The first-order chi connectivity index (χ1) is 8.72. The number of carbonyl (C=O) groups is 1. The number of aromatic nitrogens is 1. The lowest BCUT2D eigenvalue weighted by atomic mass is 9.95. The molecule has 4 nitrogen and oxygen atoms in total. The smallest absolute Gasteiger partial charge is 0.225 e. The number of pyridine rings is 1. The van der Waals surface area contributed by atoms with Gasteiger partial charge in [0.15, 0.2) is 0 Å². The third-order valence-corrected chi connectivity index (χ3v) is 3.65. The Hall–Kier alpha value is -1.71. The van der Waals surface area contributed by atoms with E-state index in [9.17, 15) is 4.79 Å². The van der Waals surface area contributed by atoms with E-state index in [2.05, 4.69) is 28.3 Å². The van der Waals surface area contributed by atoms with Crippen LogP contribution < -0.4 is 5.32 Å². The average molecular weight is 243 g/mol. The van der Waals surface area contributed by atoms with Gasteiger partial charge < -0.3 is 5.32 Å². The summed E-state index contributed by atoms with van der Waals surface area (Å²) in [6.45, 7) is 3.16. The zero-order chi connectivity index (χ0) is 12.5. The topological polar surface area (TPSA) is 54.4 Å². The van der Waals surface area contributed by atoms with Crippen molar-refractivity contribution in [2.75, 3.05) is 11.9 Å². The number of nitrogens with zero attached hydrogens (tertiary/aromatic N) is 2. The number of rotatable bonds is 1. The summed E-state index contributed by atoms with van der Waals surface area (Å²) in [5.41, 5.74) is 3.42. The zero-order valence-electron chi connectivity index (χ0n) is 10.6. The Morgan fingerprint density at radius 1 is 1.33 bits per heavy atom. The Labute approximate surface area is 107 Å². The minimum absolute atomic E-state index is 0.0616. The van der Waals surface area contributed by atoms with E-state index in [0.717, 1.165) is 36.3 Å². The lowest BCUT2D eigenvalue weighted by Gasteiger charge is -2.20. The monoisotopic (exact) mass is 243 g/mol. The number of amides is 1. The van der Waals surface area contributed by atoms with Crippen molar-refractivity contribution in [3.05, 3.63) is 23.4 Å². The second-order valence-electron chi connectivity index (χ2n) is 5.21. The summed E-state index contributed by atoms with van der Waals surface area (Å²) in [5.74, 6) is 1.48. The number of hydrogen-bond donors (Lipinski definition) is 1. The van der Waals surface area contributed by atoms with E-state index in [-0.39, 0.29) is 5.91 Å². The molecule has 0 fully saturated rings. The Morgan fingerprint density at radius 2 is 2.22 bits per heavy atom. The molecule has 94 valence electrons. The van der Waals surface area contributed by atoms with Crippen LogP contribution in [0.3, 0.4) is 0 Å². The molecule has 0 aliphatic carbocycles. The van der Waals surface area contributed by atoms with E-state index in [1.165, 1.54) is 12.1 Å². The Kier molecular flexibility index (Phi) is 2.86. The van der Waals surface area contributed by atoms with Crippen LogP contribution in [0, 0.1) is 5.92 Å². The summed E-state index contributed by atoms with van der Waals surface area (Å²) in [6, 6.07) is 2.14. The number of carbonyl (C=O) groups excluding carboxylic acids is 1. The molecule has 1 aromatic rings. The molecule has 18 heavy (non-hydrogen) atoms. The molecule has 2 aliphatic rings. The zero-order valence-corrected chi connectivity index (χ0v) is 10.6. The molecule has 1 aromatic heterocycles. The number of fused-ring (bicyclic) bond motifs is 1. The van der Waals surface area contributed by atoms with Gasteiger partial charge >= 0.3 is 0 Å². The van der Waals surface area contributed by atoms with Gasteiger partial charge in [-0.05, 0) is 36.8 Å². The largest absolute Gasteiger partial charge is 0.310 e. The standard InChI is InChI=1S/C14H17N3O/c1-9-2-4-12(15-7-9)11-6-10-3-5-13(18)17-14(10)16-8-11/h6,8-9H,2-5,7H2,1H3,(H,16,17,18). The lowest BCUT2D eigenvalue weighted by Crippen LogP contribution is -2.21. The molecule has 0 saturated carbocycles. The van der Waals surface area contributed by atoms with Gasteiger partial charge in [0.25, 0.3) is 0 Å². The van der Waals surface area contributed by atoms with Crippen LogP contribution in [0.2, 0.25) is 0 Å². The summed E-state index contributed by atoms with van der Waals surface area (Å²) in [5, 5.41) is 2.81. The van der Waals surface area contributed by atoms with Crippen molar-refractivity contribution >= 4 is 17.4 Å². The van der Waals surface area contributed by atoms with Crippen LogP contribution in [0.25, 0.3) is 0 Å². The molecular formula is C14H17N3O. The van der Waals surface area contributed by atoms with Crippen molar-refractivity contribution in [3.63, 3.8) is 0 Å². The van der Waals surface area contributed by atoms with Gasteiger partial charge in [-0.25, -0.2) is 4.98 Å². The number of hydrogen-bond acceptors (Lipinski definition) is 3. The van der Waals surface area contributed by atoms with Crippen molar-refractivity contribution in [1.82, 2.24) is 4.98 Å². The van der Waals surface area contributed by atoms with Crippen LogP contribution in [0.15, 0.2) is 17.3 Å². The second kappa shape index (κ2) is 4.52. The van der Waals surface area contributed by atoms with Crippen molar-refractivity contribution in [1.29, 1.82) is 0 Å². The summed E-state index contributed by atoms with van der Waals surface area (Å²) in [7, 11) is 0. The molecule has 1 unspecified atom stereocenters. The lowest BCUT2D eigenvalue weighted by molar-refractivity contribution is -0.116. The van der Waals surface area contributed by atoms with E-state index >= 15 is 0 Å². The quantitative estimate of drug-likeness (QED) is 0.822. The van der Waals surface area contributed by atoms with Gasteiger partial charge in [0, 0.05) is 30.4 Å². The SMILES string of the molecule is CC1CCC(c2cnc3c(c2)CCC(=O)N3)=NC1. The molecule has 1 N–H and O–H groups in total. The first-order valence-electron chi connectivity index (χ1n) is 6.55. The van der Waals surface area contributed by atoms with Crippen LogP contribution in [0.5, 0.6) is 0 Å². The number of anilines is 1. The summed E-state index contributed by atoms with van der Waals surface area (Å²) in [6.07, 6.45) is 5.41. The highest BCUT2D eigenvalue weighted by Gasteiger charge is 2.18. The average Bonchev–Trinajstić information content (AvgIpc) is 2.39. The van der Waals surface area contributed by atoms with Gasteiger partial charge in [0.1, 0.15) is 5.82 Å². The van der Waals surface area contributed by atoms with Crippen molar-refractivity contribution in [3.8, 4) is 0 Å². The normalized spacial score (nSPS) is 23.1. The molecule has 4 heteroatoms. The first-order valence-corrected chi connectivity index (χ1v) is 6.55. The van der Waals surface area contributed by atoms with Crippen LogP contribution in [-0.2, 0) is 11.2 Å². The van der Waals surface area contributed by atoms with Crippen LogP contribution in [0.1, 0.15) is 37.3 Å². The minimum atomic E-state index is 0.0616.